The van der Waals surface area contributed by atoms with Gasteiger partial charge in [0.1, 0.15) is 0 Å². The first-order valence-electron chi connectivity index (χ1n) is 8.73. The van der Waals surface area contributed by atoms with E-state index < -0.39 is 11.8 Å². The molecule has 1 aliphatic carbocycles. The van der Waals surface area contributed by atoms with Gasteiger partial charge < -0.3 is 10.2 Å². The molecule has 0 spiro atoms. The van der Waals surface area contributed by atoms with Crippen LogP contribution in [0.5, 0.6) is 0 Å². The maximum Gasteiger partial charge on any atom is 0.312 e. The normalized spacial score (nSPS) is 16.0. The number of rotatable bonds is 4. The van der Waals surface area contributed by atoms with E-state index in [0.29, 0.717) is 6.54 Å². The zero-order chi connectivity index (χ0) is 16.7. The highest BCUT2D eigenvalue weighted by Gasteiger charge is 2.26. The predicted molar refractivity (Wildman–Crippen MR) is 91.8 cm³/mol. The van der Waals surface area contributed by atoms with E-state index in [9.17, 15) is 9.59 Å². The molecule has 1 fully saturated rings. The lowest BCUT2D eigenvalue weighted by atomic mass is 10.1. The number of carbonyl (C=O) groups excluding carboxylic acids is 2. The van der Waals surface area contributed by atoms with Crippen molar-refractivity contribution >= 4 is 11.8 Å². The van der Waals surface area contributed by atoms with Crippen LogP contribution in [0, 0.1) is 0 Å². The molecular weight excluding hydrogens is 288 g/mol. The van der Waals surface area contributed by atoms with Crippen LogP contribution in [-0.2, 0) is 16.1 Å². The molecule has 1 aromatic carbocycles. The topological polar surface area (TPSA) is 49.4 Å². The molecule has 0 saturated heterocycles. The fraction of sp³-hybridized carbons (Fsp3) is 0.579. The van der Waals surface area contributed by atoms with E-state index in [0.717, 1.165) is 31.2 Å². The minimum absolute atomic E-state index is 0.0115. The average Bonchev–Trinajstić information content (AvgIpc) is 2.81. The quantitative estimate of drug-likeness (QED) is 0.684. The Hall–Kier alpha value is -1.84. The zero-order valence-corrected chi connectivity index (χ0v) is 14.3. The molecule has 0 aliphatic heterocycles. The molecule has 0 unspecified atom stereocenters. The van der Waals surface area contributed by atoms with Crippen molar-refractivity contribution in [2.75, 3.05) is 0 Å². The summed E-state index contributed by atoms with van der Waals surface area (Å²) in [5.74, 6) is -0.880. The molecular formula is C19H28N2O2. The molecule has 23 heavy (non-hydrogen) atoms. The Balaban J connectivity index is 1.97. The van der Waals surface area contributed by atoms with Gasteiger partial charge in [-0.3, -0.25) is 9.59 Å². The molecule has 4 heteroatoms. The fourth-order valence-electron chi connectivity index (χ4n) is 3.07. The molecule has 2 rings (SSSR count). The van der Waals surface area contributed by atoms with E-state index in [1.54, 1.807) is 4.90 Å². The number of hydrogen-bond acceptors (Lipinski definition) is 2. The van der Waals surface area contributed by atoms with E-state index >= 15 is 0 Å². The van der Waals surface area contributed by atoms with Gasteiger partial charge in [0, 0.05) is 18.6 Å². The molecule has 0 heterocycles. The first-order chi connectivity index (χ1) is 11.1. The van der Waals surface area contributed by atoms with Crippen molar-refractivity contribution in [2.45, 2.75) is 71.0 Å². The minimum Gasteiger partial charge on any atom is -0.345 e. The van der Waals surface area contributed by atoms with Gasteiger partial charge >= 0.3 is 11.8 Å². The van der Waals surface area contributed by atoms with Gasteiger partial charge in [0.15, 0.2) is 0 Å². The lowest BCUT2D eigenvalue weighted by molar-refractivity contribution is -0.147. The van der Waals surface area contributed by atoms with Crippen LogP contribution >= 0.6 is 0 Å². The third kappa shape index (κ3) is 5.38. The molecule has 4 nitrogen and oxygen atoms in total. The standard InChI is InChI=1S/C19H28N2O2/c1-15(2)21(14-16-10-6-5-7-11-16)19(23)18(22)20-17-12-8-3-4-9-13-17/h5-7,10-11,15,17H,3-4,8-9,12-14H2,1-2H3,(H,20,22). The summed E-state index contributed by atoms with van der Waals surface area (Å²) in [6.07, 6.45) is 6.70. The third-order valence-corrected chi connectivity index (χ3v) is 4.46. The van der Waals surface area contributed by atoms with Crippen molar-refractivity contribution in [2.24, 2.45) is 0 Å². The van der Waals surface area contributed by atoms with Crippen LogP contribution < -0.4 is 5.32 Å². The van der Waals surface area contributed by atoms with Crippen LogP contribution in [-0.4, -0.2) is 28.8 Å². The van der Waals surface area contributed by atoms with Gasteiger partial charge in [0.25, 0.3) is 0 Å². The molecule has 1 N–H and O–H groups in total. The molecule has 126 valence electrons. The summed E-state index contributed by atoms with van der Waals surface area (Å²) in [7, 11) is 0. The number of carbonyl (C=O) groups is 2. The summed E-state index contributed by atoms with van der Waals surface area (Å²) in [6.45, 7) is 4.36. The lowest BCUT2D eigenvalue weighted by Gasteiger charge is -2.27. The first kappa shape index (κ1) is 17.5. The molecule has 0 atom stereocenters. The second-order valence-corrected chi connectivity index (χ2v) is 6.67. The van der Waals surface area contributed by atoms with Crippen LogP contribution in [0.25, 0.3) is 0 Å². The van der Waals surface area contributed by atoms with Crippen molar-refractivity contribution in [1.82, 2.24) is 10.2 Å². The first-order valence-corrected chi connectivity index (χ1v) is 8.73. The molecule has 1 saturated carbocycles. The van der Waals surface area contributed by atoms with Gasteiger partial charge in [-0.05, 0) is 32.3 Å². The van der Waals surface area contributed by atoms with Crippen LogP contribution in [0.15, 0.2) is 30.3 Å². The van der Waals surface area contributed by atoms with Crippen molar-refractivity contribution in [3.8, 4) is 0 Å². The van der Waals surface area contributed by atoms with Crippen LogP contribution in [0.1, 0.15) is 57.9 Å². The Kier molecular flexibility index (Phi) is 6.63. The number of nitrogens with one attached hydrogen (secondary N) is 1. The van der Waals surface area contributed by atoms with E-state index in [1.807, 2.05) is 44.2 Å². The molecule has 0 aromatic heterocycles. The molecule has 0 bridgehead atoms. The Morgan fingerprint density at radius 3 is 2.26 bits per heavy atom. The molecule has 1 aromatic rings. The van der Waals surface area contributed by atoms with Crippen LogP contribution in [0.2, 0.25) is 0 Å². The van der Waals surface area contributed by atoms with E-state index in [1.165, 1.54) is 12.8 Å². The number of hydrogen-bond donors (Lipinski definition) is 1. The fourth-order valence-corrected chi connectivity index (χ4v) is 3.07. The summed E-state index contributed by atoms with van der Waals surface area (Å²) in [5.41, 5.74) is 1.04. The smallest absolute Gasteiger partial charge is 0.312 e. The molecule has 0 radical (unpaired) electrons. The van der Waals surface area contributed by atoms with Crippen LogP contribution in [0.3, 0.4) is 0 Å². The summed E-state index contributed by atoms with van der Waals surface area (Å²) < 4.78 is 0. The van der Waals surface area contributed by atoms with Gasteiger partial charge in [-0.25, -0.2) is 0 Å². The Morgan fingerprint density at radius 1 is 1.09 bits per heavy atom. The maximum absolute atomic E-state index is 12.6. The van der Waals surface area contributed by atoms with Gasteiger partial charge in [-0.15, -0.1) is 0 Å². The average molecular weight is 316 g/mol. The van der Waals surface area contributed by atoms with Crippen molar-refractivity contribution in [3.05, 3.63) is 35.9 Å². The Morgan fingerprint density at radius 2 is 1.70 bits per heavy atom. The van der Waals surface area contributed by atoms with E-state index in [4.69, 9.17) is 0 Å². The maximum atomic E-state index is 12.6. The lowest BCUT2D eigenvalue weighted by Crippen LogP contribution is -2.48. The zero-order valence-electron chi connectivity index (χ0n) is 14.3. The van der Waals surface area contributed by atoms with Crippen molar-refractivity contribution in [3.63, 3.8) is 0 Å². The van der Waals surface area contributed by atoms with Gasteiger partial charge in [0.05, 0.1) is 0 Å². The highest BCUT2D eigenvalue weighted by Crippen LogP contribution is 2.17. The highest BCUT2D eigenvalue weighted by atomic mass is 16.2. The van der Waals surface area contributed by atoms with Gasteiger partial charge in [-0.1, -0.05) is 56.0 Å². The Bertz CT molecular complexity index is 505. The van der Waals surface area contributed by atoms with E-state index in [2.05, 4.69) is 5.32 Å². The third-order valence-electron chi connectivity index (χ3n) is 4.46. The number of amides is 2. The van der Waals surface area contributed by atoms with Crippen molar-refractivity contribution < 1.29 is 9.59 Å². The summed E-state index contributed by atoms with van der Waals surface area (Å²) in [6, 6.07) is 9.94. The number of benzene rings is 1. The SMILES string of the molecule is CC(C)N(Cc1ccccc1)C(=O)C(=O)NC1CCCCCC1. The van der Waals surface area contributed by atoms with Gasteiger partial charge in [0.2, 0.25) is 0 Å². The molecule has 1 aliphatic rings. The monoisotopic (exact) mass is 316 g/mol. The molecule has 2 amide bonds. The Labute approximate surface area is 139 Å². The largest absolute Gasteiger partial charge is 0.345 e. The van der Waals surface area contributed by atoms with Gasteiger partial charge in [-0.2, -0.15) is 0 Å². The highest BCUT2D eigenvalue weighted by molar-refractivity contribution is 6.35. The minimum atomic E-state index is -0.457. The van der Waals surface area contributed by atoms with Crippen LogP contribution in [0.4, 0.5) is 0 Å². The van der Waals surface area contributed by atoms with Crippen molar-refractivity contribution in [1.29, 1.82) is 0 Å². The summed E-state index contributed by atoms with van der Waals surface area (Å²) >= 11 is 0. The summed E-state index contributed by atoms with van der Waals surface area (Å²) in [4.78, 5) is 26.6. The second-order valence-electron chi connectivity index (χ2n) is 6.67. The summed E-state index contributed by atoms with van der Waals surface area (Å²) in [5, 5.41) is 2.95. The second kappa shape index (κ2) is 8.70. The van der Waals surface area contributed by atoms with E-state index in [-0.39, 0.29) is 12.1 Å². The number of nitrogens with zero attached hydrogens (tertiary/aromatic N) is 1. The predicted octanol–water partition coefficient (Wildman–Crippen LogP) is 3.26.